The highest BCUT2D eigenvalue weighted by molar-refractivity contribution is 7.92. The molecule has 1 amide bonds. The monoisotopic (exact) mass is 513 g/mol. The van der Waals surface area contributed by atoms with Crippen LogP contribution in [-0.2, 0) is 14.6 Å². The number of nitrogens with zero attached hydrogens (tertiary/aromatic N) is 3. The van der Waals surface area contributed by atoms with Crippen LogP contribution in [-0.4, -0.2) is 56.1 Å². The summed E-state index contributed by atoms with van der Waals surface area (Å²) in [6, 6.07) is 8.53. The summed E-state index contributed by atoms with van der Waals surface area (Å²) in [7, 11) is -3.92. The van der Waals surface area contributed by atoms with E-state index in [0.29, 0.717) is 18.2 Å². The maximum atomic E-state index is 13.3. The van der Waals surface area contributed by atoms with Crippen LogP contribution in [0.1, 0.15) is 25.0 Å². The van der Waals surface area contributed by atoms with Crippen molar-refractivity contribution < 1.29 is 17.6 Å². The number of sulfone groups is 1. The van der Waals surface area contributed by atoms with Gasteiger partial charge >= 0.3 is 0 Å². The average Bonchev–Trinajstić information content (AvgIpc) is 3.20. The fourth-order valence-corrected chi connectivity index (χ4v) is 5.79. The van der Waals surface area contributed by atoms with E-state index >= 15 is 0 Å². The first-order chi connectivity index (χ1) is 15.2. The number of hydrogen-bond acceptors (Lipinski definition) is 6. The first-order valence-electron chi connectivity index (χ1n) is 10.5. The van der Waals surface area contributed by atoms with Gasteiger partial charge in [-0.25, -0.2) is 17.8 Å². The minimum atomic E-state index is -3.92. The van der Waals surface area contributed by atoms with E-state index in [9.17, 15) is 17.6 Å². The number of aromatic nitrogens is 1. The van der Waals surface area contributed by atoms with Crippen molar-refractivity contribution >= 4 is 54.8 Å². The molecule has 10 heteroatoms. The van der Waals surface area contributed by atoms with Crippen molar-refractivity contribution in [2.24, 2.45) is 0 Å². The standard InChI is InChI=1S/C23H28FN3O3S2.ClH/c1-5-26(6-2)13-14-27(23-25-21-16(3)7-8-17(4)22(21)31-23)20(28)15-32(29,30)19-11-9-18(24)10-12-19;/h7-12H,5-6,13-15H2,1-4H3;1H. The number of carbonyl (C=O) groups excluding carboxylic acids is 1. The molecular weight excluding hydrogens is 485 g/mol. The number of aryl methyl sites for hydroxylation is 2. The Balaban J connectivity index is 0.00000385. The molecule has 3 rings (SSSR count). The molecule has 0 fully saturated rings. The van der Waals surface area contributed by atoms with Gasteiger partial charge in [0.15, 0.2) is 15.0 Å². The number of anilines is 1. The number of hydrogen-bond donors (Lipinski definition) is 0. The van der Waals surface area contributed by atoms with Crippen LogP contribution >= 0.6 is 23.7 Å². The molecule has 0 saturated heterocycles. The van der Waals surface area contributed by atoms with E-state index in [1.807, 2.05) is 39.8 Å². The Morgan fingerprint density at radius 1 is 1.00 bits per heavy atom. The van der Waals surface area contributed by atoms with Gasteiger partial charge in [-0.1, -0.05) is 37.3 Å². The van der Waals surface area contributed by atoms with Crippen molar-refractivity contribution in [3.8, 4) is 0 Å². The summed E-state index contributed by atoms with van der Waals surface area (Å²) in [6.07, 6.45) is 0. The van der Waals surface area contributed by atoms with Crippen LogP contribution in [0.2, 0.25) is 0 Å². The maximum absolute atomic E-state index is 13.3. The normalized spacial score (nSPS) is 11.6. The number of amides is 1. The van der Waals surface area contributed by atoms with Gasteiger partial charge in [0.2, 0.25) is 5.91 Å². The zero-order chi connectivity index (χ0) is 23.5. The fourth-order valence-electron chi connectivity index (χ4n) is 3.44. The summed E-state index contributed by atoms with van der Waals surface area (Å²) < 4.78 is 39.8. The number of thiazole rings is 1. The second-order valence-corrected chi connectivity index (χ2v) is 10.6. The van der Waals surface area contributed by atoms with Gasteiger partial charge in [0.05, 0.1) is 15.1 Å². The van der Waals surface area contributed by atoms with Crippen molar-refractivity contribution in [1.29, 1.82) is 0 Å². The smallest absolute Gasteiger partial charge is 0.244 e. The summed E-state index contributed by atoms with van der Waals surface area (Å²) in [5, 5.41) is 0.490. The molecule has 0 saturated carbocycles. The molecular formula is C23H29ClFN3O3S2. The molecule has 0 unspecified atom stereocenters. The third-order valence-corrected chi connectivity index (χ3v) is 8.31. The Morgan fingerprint density at radius 3 is 2.18 bits per heavy atom. The number of fused-ring (bicyclic) bond motifs is 1. The van der Waals surface area contributed by atoms with Crippen LogP contribution in [0.5, 0.6) is 0 Å². The van der Waals surface area contributed by atoms with Crippen LogP contribution in [0.25, 0.3) is 10.2 Å². The zero-order valence-electron chi connectivity index (χ0n) is 19.2. The van der Waals surface area contributed by atoms with Crippen LogP contribution in [0.3, 0.4) is 0 Å². The Kier molecular flexibility index (Phi) is 9.37. The molecule has 180 valence electrons. The van der Waals surface area contributed by atoms with Gasteiger partial charge in [0.1, 0.15) is 11.6 Å². The molecule has 6 nitrogen and oxygen atoms in total. The largest absolute Gasteiger partial charge is 0.302 e. The van der Waals surface area contributed by atoms with Gasteiger partial charge in [0, 0.05) is 13.1 Å². The average molecular weight is 514 g/mol. The molecule has 1 heterocycles. The number of rotatable bonds is 9. The predicted molar refractivity (Wildman–Crippen MR) is 135 cm³/mol. The van der Waals surface area contributed by atoms with E-state index in [1.54, 1.807) is 0 Å². The van der Waals surface area contributed by atoms with Crippen molar-refractivity contribution in [3.63, 3.8) is 0 Å². The Morgan fingerprint density at radius 2 is 1.61 bits per heavy atom. The highest BCUT2D eigenvalue weighted by Crippen LogP contribution is 2.33. The van der Waals surface area contributed by atoms with Crippen molar-refractivity contribution in [3.05, 3.63) is 53.3 Å². The summed E-state index contributed by atoms with van der Waals surface area (Å²) in [6.45, 7) is 10.6. The van der Waals surface area contributed by atoms with E-state index < -0.39 is 27.3 Å². The number of benzene rings is 2. The highest BCUT2D eigenvalue weighted by Gasteiger charge is 2.27. The third kappa shape index (κ3) is 6.29. The molecule has 0 N–H and O–H groups in total. The van der Waals surface area contributed by atoms with E-state index in [1.165, 1.54) is 28.4 Å². The fraction of sp³-hybridized carbons (Fsp3) is 0.391. The number of halogens is 2. The summed E-state index contributed by atoms with van der Waals surface area (Å²) in [5.74, 6) is -1.78. The van der Waals surface area contributed by atoms with Crippen LogP contribution in [0, 0.1) is 19.7 Å². The Bertz CT molecular complexity index is 1170. The van der Waals surface area contributed by atoms with E-state index in [-0.39, 0.29) is 17.3 Å². The first kappa shape index (κ1) is 27.2. The molecule has 0 aliphatic rings. The van der Waals surface area contributed by atoms with Crippen molar-refractivity contribution in [2.45, 2.75) is 32.6 Å². The van der Waals surface area contributed by atoms with Crippen LogP contribution in [0.4, 0.5) is 9.52 Å². The molecule has 2 aromatic carbocycles. The first-order valence-corrected chi connectivity index (χ1v) is 13.0. The minimum absolute atomic E-state index is 0. The van der Waals surface area contributed by atoms with Gasteiger partial charge in [-0.05, 0) is 62.3 Å². The third-order valence-electron chi connectivity index (χ3n) is 5.48. The quantitative estimate of drug-likeness (QED) is 0.390. The van der Waals surface area contributed by atoms with Crippen molar-refractivity contribution in [1.82, 2.24) is 9.88 Å². The van der Waals surface area contributed by atoms with Gasteiger partial charge in [-0.2, -0.15) is 0 Å². The molecule has 33 heavy (non-hydrogen) atoms. The molecule has 1 aromatic heterocycles. The lowest BCUT2D eigenvalue weighted by Crippen LogP contribution is -2.41. The molecule has 0 spiro atoms. The van der Waals surface area contributed by atoms with Crippen molar-refractivity contribution in [2.75, 3.05) is 36.8 Å². The summed E-state index contributed by atoms with van der Waals surface area (Å²) >= 11 is 1.40. The van der Waals surface area contributed by atoms with Crippen LogP contribution < -0.4 is 4.90 Å². The SMILES string of the molecule is CCN(CC)CCN(C(=O)CS(=O)(=O)c1ccc(F)cc1)c1nc2c(C)ccc(C)c2s1.Cl. The van der Waals surface area contributed by atoms with E-state index in [0.717, 1.165) is 46.6 Å². The molecule has 0 aliphatic heterocycles. The van der Waals surface area contributed by atoms with Gasteiger partial charge in [-0.3, -0.25) is 9.69 Å². The molecule has 0 radical (unpaired) electrons. The molecule has 0 atom stereocenters. The second-order valence-electron chi connectivity index (χ2n) is 7.66. The van der Waals surface area contributed by atoms with Gasteiger partial charge < -0.3 is 4.90 Å². The lowest BCUT2D eigenvalue weighted by atomic mass is 10.1. The molecule has 0 aliphatic carbocycles. The van der Waals surface area contributed by atoms with Crippen LogP contribution in [0.15, 0.2) is 41.3 Å². The lowest BCUT2D eigenvalue weighted by molar-refractivity contribution is -0.116. The lowest BCUT2D eigenvalue weighted by Gasteiger charge is -2.24. The number of likely N-dealkylation sites (N-methyl/N-ethyl adjacent to an activating group) is 1. The second kappa shape index (κ2) is 11.4. The summed E-state index contributed by atoms with van der Waals surface area (Å²) in [5.41, 5.74) is 2.89. The highest BCUT2D eigenvalue weighted by atomic mass is 35.5. The predicted octanol–water partition coefficient (Wildman–Crippen LogP) is 4.62. The number of carbonyl (C=O) groups is 1. The van der Waals surface area contributed by atoms with Gasteiger partial charge in [0.25, 0.3) is 0 Å². The minimum Gasteiger partial charge on any atom is -0.302 e. The Hall–Kier alpha value is -2.07. The molecule has 0 bridgehead atoms. The van der Waals surface area contributed by atoms with E-state index in [2.05, 4.69) is 4.90 Å². The topological polar surface area (TPSA) is 70.6 Å². The van der Waals surface area contributed by atoms with Gasteiger partial charge in [-0.15, -0.1) is 12.4 Å². The zero-order valence-corrected chi connectivity index (χ0v) is 21.6. The maximum Gasteiger partial charge on any atom is 0.244 e. The Labute approximate surface area is 204 Å². The molecule has 3 aromatic rings. The van der Waals surface area contributed by atoms with E-state index in [4.69, 9.17) is 4.98 Å². The summed E-state index contributed by atoms with van der Waals surface area (Å²) in [4.78, 5) is 21.5.